The van der Waals surface area contributed by atoms with E-state index in [0.29, 0.717) is 0 Å². The van der Waals surface area contributed by atoms with Crippen LogP contribution in [-0.2, 0) is 0 Å². The molecule has 0 aromatic rings. The lowest BCUT2D eigenvalue weighted by molar-refractivity contribution is -0.740. The smallest absolute Gasteiger partial charge is 0.430 e. The summed E-state index contributed by atoms with van der Waals surface area (Å²) in [5.41, 5.74) is 1.05. The van der Waals surface area contributed by atoms with Gasteiger partial charge in [-0.3, -0.25) is 0 Å². The fourth-order valence-corrected chi connectivity index (χ4v) is 0.126. The van der Waals surface area contributed by atoms with Gasteiger partial charge in [-0.15, -0.1) is 0 Å². The molecular weight excluding hydrogens is 134 g/mol. The van der Waals surface area contributed by atoms with Crippen molar-refractivity contribution in [1.29, 1.82) is 0 Å². The third-order valence-electron chi connectivity index (χ3n) is 0.350. The van der Waals surface area contributed by atoms with Crippen molar-refractivity contribution in [2.24, 2.45) is 0 Å². The topological polar surface area (TPSA) is 116 Å². The average molecular weight is 137 g/mol. The van der Waals surface area contributed by atoms with Crippen molar-refractivity contribution < 1.29 is 20.1 Å². The van der Waals surface area contributed by atoms with E-state index in [1.165, 1.54) is 0 Å². The lowest BCUT2D eigenvalue weighted by Gasteiger charge is -2.01. The Hall–Kier alpha value is -1.57. The zero-order valence-corrected chi connectivity index (χ0v) is 4.01. The standard InChI is InChI=1S/CH3N3O5/c5-1(6)2-3(7)4(8)9/h2,7H,(H,5,6). The number of nitrogens with zero attached hydrogens (tertiary/aromatic N) is 2. The Labute approximate surface area is 48.3 Å². The van der Waals surface area contributed by atoms with Gasteiger partial charge in [0.05, 0.1) is 0 Å². The lowest BCUT2D eigenvalue weighted by Crippen LogP contribution is -2.42. The molecule has 8 nitrogen and oxygen atoms in total. The molecule has 0 aliphatic rings. The predicted octanol–water partition coefficient (Wildman–Crippen LogP) is -0.948. The zero-order chi connectivity index (χ0) is 7.44. The number of hydrazine groups is 2. The summed E-state index contributed by atoms with van der Waals surface area (Å²) in [4.78, 5) is 18.9. The maximum atomic E-state index is 9.50. The Balaban J connectivity index is 3.63. The Kier molecular flexibility index (Phi) is 2.20. The van der Waals surface area contributed by atoms with Crippen LogP contribution in [0.4, 0.5) is 4.79 Å². The fraction of sp³-hybridized carbons (Fsp3) is 0. The maximum Gasteiger partial charge on any atom is 0.430 e. The SMILES string of the molecule is O=C(O)NN(O)[N+](=O)[O-]. The van der Waals surface area contributed by atoms with Crippen LogP contribution in [-0.4, -0.2) is 26.7 Å². The Morgan fingerprint density at radius 3 is 2.33 bits per heavy atom. The van der Waals surface area contributed by atoms with Gasteiger partial charge in [0.2, 0.25) is 5.03 Å². The Morgan fingerprint density at radius 1 is 1.78 bits per heavy atom. The van der Waals surface area contributed by atoms with Gasteiger partial charge in [0.15, 0.2) is 0 Å². The molecule has 0 aromatic carbocycles. The number of hydrogen-bond donors (Lipinski definition) is 3. The summed E-state index contributed by atoms with van der Waals surface area (Å²) in [5, 5.41) is 22.9. The van der Waals surface area contributed by atoms with Gasteiger partial charge < -0.3 is 5.11 Å². The van der Waals surface area contributed by atoms with Crippen molar-refractivity contribution in [3.63, 3.8) is 0 Å². The van der Waals surface area contributed by atoms with Gasteiger partial charge in [-0.05, 0) is 0 Å². The molecule has 0 saturated carbocycles. The summed E-state index contributed by atoms with van der Waals surface area (Å²) >= 11 is 0. The van der Waals surface area contributed by atoms with E-state index in [-0.39, 0.29) is 0 Å². The second-order valence-corrected chi connectivity index (χ2v) is 0.944. The van der Waals surface area contributed by atoms with E-state index in [2.05, 4.69) is 0 Å². The van der Waals surface area contributed by atoms with Gasteiger partial charge in [-0.2, -0.15) is 5.43 Å². The fourth-order valence-electron chi connectivity index (χ4n) is 0.126. The maximum absolute atomic E-state index is 9.50. The second-order valence-electron chi connectivity index (χ2n) is 0.944. The summed E-state index contributed by atoms with van der Waals surface area (Å²) in [6.07, 6.45) is -1.71. The van der Waals surface area contributed by atoms with Crippen LogP contribution in [0.25, 0.3) is 0 Å². The van der Waals surface area contributed by atoms with Gasteiger partial charge in [-0.25, -0.2) is 20.1 Å². The van der Waals surface area contributed by atoms with Gasteiger partial charge in [0.25, 0.3) is 0 Å². The second kappa shape index (κ2) is 2.67. The van der Waals surface area contributed by atoms with Crippen LogP contribution in [0.3, 0.4) is 0 Å². The van der Waals surface area contributed by atoms with Crippen LogP contribution in [0.15, 0.2) is 0 Å². The van der Waals surface area contributed by atoms with Crippen LogP contribution in [0.1, 0.15) is 0 Å². The van der Waals surface area contributed by atoms with E-state index in [0.717, 1.165) is 5.43 Å². The average Bonchev–Trinajstić information content (AvgIpc) is 1.63. The van der Waals surface area contributed by atoms with Crippen molar-refractivity contribution in [2.45, 2.75) is 0 Å². The van der Waals surface area contributed by atoms with Gasteiger partial charge in [0.1, 0.15) is 5.28 Å². The number of amides is 1. The molecule has 1 amide bonds. The number of carboxylic acid groups (broad SMARTS) is 1. The molecule has 0 aromatic heterocycles. The summed E-state index contributed by atoms with van der Waals surface area (Å²) in [5.74, 6) is 0. The molecule has 8 heteroatoms. The highest BCUT2D eigenvalue weighted by Crippen LogP contribution is 1.72. The lowest BCUT2D eigenvalue weighted by atomic mass is 11.3. The molecule has 0 rings (SSSR count). The van der Waals surface area contributed by atoms with Gasteiger partial charge >= 0.3 is 6.09 Å². The first-order valence-corrected chi connectivity index (χ1v) is 1.67. The first-order valence-electron chi connectivity index (χ1n) is 1.67. The number of nitrogens with one attached hydrogen (secondary N) is 1. The molecule has 0 aliphatic heterocycles. The molecule has 0 spiro atoms. The van der Waals surface area contributed by atoms with E-state index in [4.69, 9.17) is 10.3 Å². The van der Waals surface area contributed by atoms with Crippen LogP contribution in [0, 0.1) is 10.1 Å². The minimum Gasteiger partial charge on any atom is -0.464 e. The van der Waals surface area contributed by atoms with Crippen LogP contribution >= 0.6 is 0 Å². The third-order valence-corrected chi connectivity index (χ3v) is 0.350. The van der Waals surface area contributed by atoms with Crippen molar-refractivity contribution in [2.75, 3.05) is 0 Å². The molecule has 0 radical (unpaired) electrons. The first kappa shape index (κ1) is 7.43. The van der Waals surface area contributed by atoms with Crippen molar-refractivity contribution in [3.8, 4) is 0 Å². The molecule has 52 valence electrons. The molecule has 0 heterocycles. The van der Waals surface area contributed by atoms with E-state index in [1.54, 1.807) is 0 Å². The predicted molar refractivity (Wildman–Crippen MR) is 21.8 cm³/mol. The van der Waals surface area contributed by atoms with E-state index in [9.17, 15) is 14.9 Å². The minimum absolute atomic E-state index is 0.762. The first-order chi connectivity index (χ1) is 4.04. The zero-order valence-electron chi connectivity index (χ0n) is 4.01. The monoisotopic (exact) mass is 137 g/mol. The quantitative estimate of drug-likeness (QED) is 0.333. The largest absolute Gasteiger partial charge is 0.464 e. The number of rotatable bonds is 2. The number of carbonyl (C=O) groups is 1. The van der Waals surface area contributed by atoms with E-state index < -0.39 is 16.4 Å². The minimum atomic E-state index is -1.71. The summed E-state index contributed by atoms with van der Waals surface area (Å²) in [6.45, 7) is 0. The molecule has 0 fully saturated rings. The van der Waals surface area contributed by atoms with Crippen molar-refractivity contribution in [1.82, 2.24) is 10.7 Å². The van der Waals surface area contributed by atoms with Gasteiger partial charge in [-0.1, -0.05) is 0 Å². The van der Waals surface area contributed by atoms with Crippen molar-refractivity contribution >= 4 is 6.09 Å². The van der Waals surface area contributed by atoms with Gasteiger partial charge in [0, 0.05) is 0 Å². The molecular formula is CH3N3O5. The van der Waals surface area contributed by atoms with Crippen LogP contribution in [0.5, 0.6) is 0 Å². The van der Waals surface area contributed by atoms with Crippen LogP contribution in [0.2, 0.25) is 0 Å². The number of hydrogen-bond acceptors (Lipinski definition) is 4. The molecule has 0 bridgehead atoms. The van der Waals surface area contributed by atoms with Crippen molar-refractivity contribution in [3.05, 3.63) is 10.1 Å². The molecule has 3 N–H and O–H groups in total. The number of nitro groups is 1. The molecule has 0 saturated heterocycles. The Bertz CT molecular complexity index is 132. The highest BCUT2D eigenvalue weighted by atomic mass is 16.8. The summed E-state index contributed by atoms with van der Waals surface area (Å²) in [7, 11) is 0. The highest BCUT2D eigenvalue weighted by Gasteiger charge is 2.11. The molecule has 0 atom stereocenters. The van der Waals surface area contributed by atoms with E-state index in [1.807, 2.05) is 0 Å². The normalized spacial score (nSPS) is 8.11. The molecule has 9 heavy (non-hydrogen) atoms. The highest BCUT2D eigenvalue weighted by molar-refractivity contribution is 5.63. The van der Waals surface area contributed by atoms with Crippen LogP contribution < -0.4 is 5.43 Å². The molecule has 0 unspecified atom stereocenters. The molecule has 0 aliphatic carbocycles. The summed E-state index contributed by atoms with van der Waals surface area (Å²) < 4.78 is 0. The Morgan fingerprint density at radius 2 is 2.22 bits per heavy atom. The van der Waals surface area contributed by atoms with E-state index >= 15 is 0 Å². The summed E-state index contributed by atoms with van der Waals surface area (Å²) in [6, 6.07) is 0. The third kappa shape index (κ3) is 3.05.